The van der Waals surface area contributed by atoms with Crippen LogP contribution in [0.25, 0.3) is 5.82 Å². The molecule has 2 heterocycles. The van der Waals surface area contributed by atoms with E-state index in [1.54, 1.807) is 4.68 Å². The van der Waals surface area contributed by atoms with Crippen molar-refractivity contribution < 1.29 is 0 Å². The molecule has 0 unspecified atom stereocenters. The molecule has 0 aliphatic heterocycles. The summed E-state index contributed by atoms with van der Waals surface area (Å²) in [6.07, 6.45) is 4.43. The van der Waals surface area contributed by atoms with Gasteiger partial charge in [-0.3, -0.25) is 4.68 Å². The van der Waals surface area contributed by atoms with Crippen LogP contribution in [-0.4, -0.2) is 24.5 Å². The summed E-state index contributed by atoms with van der Waals surface area (Å²) in [6, 6.07) is 2.06. The molecule has 2 aromatic heterocycles. The van der Waals surface area contributed by atoms with Crippen LogP contribution in [0.15, 0.2) is 12.3 Å². The van der Waals surface area contributed by atoms with Crippen molar-refractivity contribution in [3.63, 3.8) is 0 Å². The smallest absolute Gasteiger partial charge is 0.162 e. The van der Waals surface area contributed by atoms with E-state index in [4.69, 9.17) is 18.0 Å². The molecule has 0 atom stereocenters. The lowest BCUT2D eigenvalue weighted by Crippen LogP contribution is -2.15. The van der Waals surface area contributed by atoms with Gasteiger partial charge in [-0.1, -0.05) is 12.2 Å². The second-order valence-corrected chi connectivity index (χ2v) is 5.17. The summed E-state index contributed by atoms with van der Waals surface area (Å²) in [7, 11) is 1.88. The molecule has 6 heteroatoms. The van der Waals surface area contributed by atoms with Crippen molar-refractivity contribution in [1.82, 2.24) is 19.6 Å². The Kier molecular flexibility index (Phi) is 2.48. The number of thiocarbonyl (C=S) groups is 1. The summed E-state index contributed by atoms with van der Waals surface area (Å²) >= 11 is 5.10. The molecule has 0 bridgehead atoms. The normalized spacial score (nSPS) is 15.0. The van der Waals surface area contributed by atoms with Crippen molar-refractivity contribution in [2.24, 2.45) is 12.8 Å². The van der Waals surface area contributed by atoms with E-state index in [9.17, 15) is 0 Å². The van der Waals surface area contributed by atoms with Gasteiger partial charge in [0, 0.05) is 19.2 Å². The molecule has 3 rings (SSSR count). The van der Waals surface area contributed by atoms with Crippen molar-refractivity contribution in [3.8, 4) is 5.82 Å². The maximum atomic E-state index is 5.78. The zero-order chi connectivity index (χ0) is 12.9. The van der Waals surface area contributed by atoms with Gasteiger partial charge in [0.05, 0.1) is 17.0 Å². The molecule has 0 saturated heterocycles. The maximum absolute atomic E-state index is 5.78. The van der Waals surface area contributed by atoms with E-state index >= 15 is 0 Å². The van der Waals surface area contributed by atoms with Crippen LogP contribution in [0.2, 0.25) is 0 Å². The molecule has 0 aromatic carbocycles. The number of nitrogens with two attached hydrogens (primary N) is 1. The van der Waals surface area contributed by atoms with Crippen LogP contribution < -0.4 is 5.73 Å². The largest absolute Gasteiger partial charge is 0.389 e. The third-order valence-electron chi connectivity index (χ3n) is 3.26. The van der Waals surface area contributed by atoms with Gasteiger partial charge in [-0.25, -0.2) is 4.68 Å². The minimum absolute atomic E-state index is 0.360. The number of aromatic nitrogens is 4. The first-order valence-corrected chi connectivity index (χ1v) is 6.38. The standard InChI is InChI=1S/C12H15N5S/c1-7-10(11(13)18)12(16(2)14-7)17-6-5-9(15-17)8-3-4-8/h5-6,8H,3-4H2,1-2H3,(H2,13,18). The van der Waals surface area contributed by atoms with E-state index in [-0.39, 0.29) is 0 Å². The number of hydrogen-bond acceptors (Lipinski definition) is 3. The molecule has 94 valence electrons. The van der Waals surface area contributed by atoms with E-state index in [2.05, 4.69) is 16.3 Å². The highest BCUT2D eigenvalue weighted by atomic mass is 32.1. The Morgan fingerprint density at radius 2 is 2.17 bits per heavy atom. The Labute approximate surface area is 111 Å². The second-order valence-electron chi connectivity index (χ2n) is 4.73. The van der Waals surface area contributed by atoms with Gasteiger partial charge in [-0.2, -0.15) is 10.2 Å². The third-order valence-corrected chi connectivity index (χ3v) is 3.46. The Hall–Kier alpha value is -1.69. The van der Waals surface area contributed by atoms with E-state index in [1.807, 2.05) is 24.9 Å². The third kappa shape index (κ3) is 1.73. The predicted molar refractivity (Wildman–Crippen MR) is 72.9 cm³/mol. The lowest BCUT2D eigenvalue weighted by atomic mass is 10.2. The first-order chi connectivity index (χ1) is 8.58. The zero-order valence-electron chi connectivity index (χ0n) is 10.4. The number of rotatable bonds is 3. The highest BCUT2D eigenvalue weighted by Crippen LogP contribution is 2.39. The summed E-state index contributed by atoms with van der Waals surface area (Å²) in [4.78, 5) is 0.360. The van der Waals surface area contributed by atoms with Crippen molar-refractivity contribution in [2.45, 2.75) is 25.7 Å². The van der Waals surface area contributed by atoms with E-state index in [0.29, 0.717) is 10.9 Å². The molecule has 1 saturated carbocycles. The average Bonchev–Trinajstić information content (AvgIpc) is 2.95. The van der Waals surface area contributed by atoms with Gasteiger partial charge in [0.15, 0.2) is 5.82 Å². The molecule has 1 fully saturated rings. The summed E-state index contributed by atoms with van der Waals surface area (Å²) in [5, 5.41) is 8.97. The lowest BCUT2D eigenvalue weighted by molar-refractivity contribution is 0.687. The predicted octanol–water partition coefficient (Wildman–Crippen LogP) is 1.43. The maximum Gasteiger partial charge on any atom is 0.162 e. The quantitative estimate of drug-likeness (QED) is 0.849. The van der Waals surface area contributed by atoms with Crippen LogP contribution in [0, 0.1) is 6.92 Å². The van der Waals surface area contributed by atoms with Crippen molar-refractivity contribution >= 4 is 17.2 Å². The molecule has 2 N–H and O–H groups in total. The van der Waals surface area contributed by atoms with Gasteiger partial charge in [-0.15, -0.1) is 0 Å². The molecule has 5 nitrogen and oxygen atoms in total. The monoisotopic (exact) mass is 261 g/mol. The fourth-order valence-electron chi connectivity index (χ4n) is 2.25. The zero-order valence-corrected chi connectivity index (χ0v) is 11.2. The molecular weight excluding hydrogens is 246 g/mol. The molecule has 1 aliphatic carbocycles. The van der Waals surface area contributed by atoms with Crippen molar-refractivity contribution in [1.29, 1.82) is 0 Å². The summed E-state index contributed by atoms with van der Waals surface area (Å²) < 4.78 is 3.59. The van der Waals surface area contributed by atoms with Crippen LogP contribution in [0.3, 0.4) is 0 Å². The van der Waals surface area contributed by atoms with Crippen LogP contribution in [-0.2, 0) is 7.05 Å². The lowest BCUT2D eigenvalue weighted by Gasteiger charge is -2.05. The minimum atomic E-state index is 0.360. The molecule has 0 radical (unpaired) electrons. The molecular formula is C12H15N5S. The summed E-state index contributed by atoms with van der Waals surface area (Å²) in [5.41, 5.74) is 8.56. The second kappa shape index (κ2) is 3.91. The van der Waals surface area contributed by atoms with Gasteiger partial charge in [0.25, 0.3) is 0 Å². The van der Waals surface area contributed by atoms with Gasteiger partial charge in [-0.05, 0) is 25.8 Å². The molecule has 1 aliphatic rings. The van der Waals surface area contributed by atoms with Crippen LogP contribution in [0.4, 0.5) is 0 Å². The first kappa shape index (κ1) is 11.4. The van der Waals surface area contributed by atoms with Crippen molar-refractivity contribution in [3.05, 3.63) is 29.2 Å². The number of hydrogen-bond donors (Lipinski definition) is 1. The number of nitrogens with zero attached hydrogens (tertiary/aromatic N) is 4. The highest BCUT2D eigenvalue weighted by Gasteiger charge is 2.27. The topological polar surface area (TPSA) is 61.7 Å². The fourth-order valence-corrected chi connectivity index (χ4v) is 2.49. The Balaban J connectivity index is 2.11. The Bertz CT molecular complexity index is 620. The van der Waals surface area contributed by atoms with Gasteiger partial charge >= 0.3 is 0 Å². The van der Waals surface area contributed by atoms with Gasteiger partial charge in [0.1, 0.15) is 4.99 Å². The van der Waals surface area contributed by atoms with Crippen LogP contribution >= 0.6 is 12.2 Å². The molecule has 18 heavy (non-hydrogen) atoms. The van der Waals surface area contributed by atoms with E-state index in [1.165, 1.54) is 12.8 Å². The minimum Gasteiger partial charge on any atom is -0.389 e. The fraction of sp³-hybridized carbons (Fsp3) is 0.417. The average molecular weight is 261 g/mol. The Morgan fingerprint density at radius 3 is 2.78 bits per heavy atom. The van der Waals surface area contributed by atoms with E-state index < -0.39 is 0 Å². The summed E-state index contributed by atoms with van der Waals surface area (Å²) in [6.45, 7) is 1.91. The van der Waals surface area contributed by atoms with Gasteiger partial charge in [0.2, 0.25) is 0 Å². The van der Waals surface area contributed by atoms with Crippen molar-refractivity contribution in [2.75, 3.05) is 0 Å². The van der Waals surface area contributed by atoms with Crippen LogP contribution in [0.5, 0.6) is 0 Å². The SMILES string of the molecule is Cc1nn(C)c(-n2ccc(C3CC3)n2)c1C(N)=S. The highest BCUT2D eigenvalue weighted by molar-refractivity contribution is 7.80. The molecule has 0 spiro atoms. The van der Waals surface area contributed by atoms with Gasteiger partial charge < -0.3 is 5.73 Å². The molecule has 0 amide bonds. The number of aryl methyl sites for hydroxylation is 2. The first-order valence-electron chi connectivity index (χ1n) is 5.97. The van der Waals surface area contributed by atoms with Crippen LogP contribution in [0.1, 0.15) is 35.7 Å². The Morgan fingerprint density at radius 1 is 1.44 bits per heavy atom. The summed E-state index contributed by atoms with van der Waals surface area (Å²) in [5.74, 6) is 1.47. The molecule has 2 aromatic rings. The van der Waals surface area contributed by atoms with E-state index in [0.717, 1.165) is 22.8 Å².